The predicted octanol–water partition coefficient (Wildman–Crippen LogP) is 5.14. The first-order valence-corrected chi connectivity index (χ1v) is 9.35. The molecule has 1 heterocycles. The highest BCUT2D eigenvalue weighted by atomic mass is 35.5. The topological polar surface area (TPSA) is 48.4 Å². The van der Waals surface area contributed by atoms with Gasteiger partial charge in [-0.05, 0) is 49.2 Å². The van der Waals surface area contributed by atoms with E-state index in [-0.39, 0.29) is 12.4 Å². The van der Waals surface area contributed by atoms with Gasteiger partial charge >= 0.3 is 5.97 Å². The number of halogens is 1. The molecule has 0 fully saturated rings. The van der Waals surface area contributed by atoms with Crippen LogP contribution in [0.2, 0.25) is 5.02 Å². The first-order chi connectivity index (χ1) is 12.5. The molecule has 2 aromatic carbocycles. The Hall–Kier alpha value is -2.37. The summed E-state index contributed by atoms with van der Waals surface area (Å²) in [6.45, 7) is 4.19. The number of carbonyl (C=O) groups excluding carboxylic acids is 1. The maximum atomic E-state index is 12.2. The van der Waals surface area contributed by atoms with Crippen molar-refractivity contribution in [1.82, 2.24) is 4.98 Å². The monoisotopic (exact) mass is 387 g/mol. The number of hydrogen-bond acceptors (Lipinski definition) is 5. The lowest BCUT2D eigenvalue weighted by molar-refractivity contribution is -0.133. The van der Waals surface area contributed by atoms with Crippen LogP contribution in [0, 0.1) is 13.8 Å². The molecule has 0 amide bonds. The number of aryl methyl sites for hydroxylation is 2. The fourth-order valence-electron chi connectivity index (χ4n) is 2.43. The fraction of sp³-hybridized carbons (Fsp3) is 0.200. The van der Waals surface area contributed by atoms with Gasteiger partial charge in [0.1, 0.15) is 23.1 Å². The lowest BCUT2D eigenvalue weighted by Crippen LogP contribution is -2.13. The largest absolute Gasteiger partial charge is 0.486 e. The van der Waals surface area contributed by atoms with Crippen molar-refractivity contribution in [3.8, 4) is 11.5 Å². The summed E-state index contributed by atoms with van der Waals surface area (Å²) >= 11 is 7.31. The zero-order chi connectivity index (χ0) is 18.5. The van der Waals surface area contributed by atoms with Gasteiger partial charge in [0, 0.05) is 10.4 Å². The molecule has 0 saturated heterocycles. The molecule has 0 spiro atoms. The van der Waals surface area contributed by atoms with E-state index in [1.165, 1.54) is 11.3 Å². The Morgan fingerprint density at radius 2 is 1.81 bits per heavy atom. The number of ether oxygens (including phenoxy) is 2. The van der Waals surface area contributed by atoms with E-state index in [9.17, 15) is 4.79 Å². The molecule has 0 aliphatic heterocycles. The maximum Gasteiger partial charge on any atom is 0.317 e. The van der Waals surface area contributed by atoms with Crippen molar-refractivity contribution in [2.45, 2.75) is 26.9 Å². The van der Waals surface area contributed by atoms with Gasteiger partial charge in [-0.3, -0.25) is 4.79 Å². The third-order valence-corrected chi connectivity index (χ3v) is 4.85. The van der Waals surface area contributed by atoms with Gasteiger partial charge in [-0.2, -0.15) is 0 Å². The molecule has 0 atom stereocenters. The highest BCUT2D eigenvalue weighted by molar-refractivity contribution is 7.09. The van der Waals surface area contributed by atoms with E-state index >= 15 is 0 Å². The fourth-order valence-corrected chi connectivity index (χ4v) is 3.26. The zero-order valence-corrected chi connectivity index (χ0v) is 16.1. The highest BCUT2D eigenvalue weighted by Gasteiger charge is 2.13. The van der Waals surface area contributed by atoms with Gasteiger partial charge in [0.2, 0.25) is 0 Å². The lowest BCUT2D eigenvalue weighted by atomic mass is 10.1. The van der Waals surface area contributed by atoms with Gasteiger partial charge < -0.3 is 9.47 Å². The summed E-state index contributed by atoms with van der Waals surface area (Å²) in [6.07, 6.45) is 0.130. The first kappa shape index (κ1) is 18.4. The second-order valence-corrected chi connectivity index (χ2v) is 7.23. The molecule has 6 heteroatoms. The van der Waals surface area contributed by atoms with Crippen LogP contribution in [0.1, 0.15) is 21.8 Å². The molecule has 3 rings (SSSR count). The van der Waals surface area contributed by atoms with Crippen LogP contribution in [0.5, 0.6) is 11.5 Å². The van der Waals surface area contributed by atoms with Crippen LogP contribution < -0.4 is 9.47 Å². The van der Waals surface area contributed by atoms with Crippen LogP contribution in [0.25, 0.3) is 0 Å². The normalized spacial score (nSPS) is 10.6. The van der Waals surface area contributed by atoms with E-state index in [4.69, 9.17) is 21.1 Å². The number of nitrogens with zero attached hydrogens (tertiary/aromatic N) is 1. The number of aromatic nitrogens is 1. The van der Waals surface area contributed by atoms with Crippen LogP contribution in [-0.4, -0.2) is 11.0 Å². The predicted molar refractivity (Wildman–Crippen MR) is 103 cm³/mol. The molecule has 134 valence electrons. The minimum Gasteiger partial charge on any atom is -0.486 e. The van der Waals surface area contributed by atoms with Gasteiger partial charge in [-0.15, -0.1) is 11.3 Å². The average Bonchev–Trinajstić information content (AvgIpc) is 3.05. The summed E-state index contributed by atoms with van der Waals surface area (Å²) < 4.78 is 11.2. The third kappa shape index (κ3) is 4.84. The highest BCUT2D eigenvalue weighted by Crippen LogP contribution is 2.23. The van der Waals surface area contributed by atoms with Crippen LogP contribution >= 0.6 is 22.9 Å². The van der Waals surface area contributed by atoms with E-state index in [1.54, 1.807) is 24.3 Å². The summed E-state index contributed by atoms with van der Waals surface area (Å²) in [6, 6.07) is 12.9. The quantitative estimate of drug-likeness (QED) is 0.434. The Morgan fingerprint density at radius 1 is 1.12 bits per heavy atom. The Balaban J connectivity index is 1.56. The van der Waals surface area contributed by atoms with Crippen molar-refractivity contribution in [3.05, 3.63) is 74.7 Å². The van der Waals surface area contributed by atoms with Crippen molar-refractivity contribution >= 4 is 28.9 Å². The van der Waals surface area contributed by atoms with Crippen molar-refractivity contribution < 1.29 is 14.3 Å². The second-order valence-electron chi connectivity index (χ2n) is 5.85. The second kappa shape index (κ2) is 8.34. The summed E-state index contributed by atoms with van der Waals surface area (Å²) in [5.41, 5.74) is 2.56. The molecule has 3 aromatic rings. The molecule has 0 aliphatic carbocycles. The standard InChI is InChI=1S/C20H18ClNO3S/c1-13-4-3-5-14(2)20(13)25-19(23)10-16-12-26-18(22-16)11-24-17-8-6-15(21)7-9-17/h3-9,12H,10-11H2,1-2H3. The molecule has 0 saturated carbocycles. The van der Waals surface area contributed by atoms with E-state index in [0.717, 1.165) is 21.9 Å². The molecule has 0 bridgehead atoms. The van der Waals surface area contributed by atoms with Crippen molar-refractivity contribution in [1.29, 1.82) is 0 Å². The van der Waals surface area contributed by atoms with Crippen LogP contribution in [0.15, 0.2) is 47.8 Å². The Labute approximate surface area is 161 Å². The van der Waals surface area contributed by atoms with Crippen LogP contribution in [0.4, 0.5) is 0 Å². The molecule has 0 N–H and O–H groups in total. The molecule has 0 radical (unpaired) electrons. The van der Waals surface area contributed by atoms with Crippen LogP contribution in [-0.2, 0) is 17.8 Å². The summed E-state index contributed by atoms with van der Waals surface area (Å²) in [5.74, 6) is 1.03. The average molecular weight is 388 g/mol. The van der Waals surface area contributed by atoms with Crippen LogP contribution in [0.3, 0.4) is 0 Å². The Kier molecular flexibility index (Phi) is 5.91. The Morgan fingerprint density at radius 3 is 2.50 bits per heavy atom. The SMILES string of the molecule is Cc1cccc(C)c1OC(=O)Cc1csc(COc2ccc(Cl)cc2)n1. The first-order valence-electron chi connectivity index (χ1n) is 8.10. The number of benzene rings is 2. The third-order valence-electron chi connectivity index (χ3n) is 3.73. The summed E-state index contributed by atoms with van der Waals surface area (Å²) in [4.78, 5) is 16.6. The van der Waals surface area contributed by atoms with Crippen molar-refractivity contribution in [3.63, 3.8) is 0 Å². The van der Waals surface area contributed by atoms with Crippen molar-refractivity contribution in [2.24, 2.45) is 0 Å². The van der Waals surface area contributed by atoms with E-state index < -0.39 is 0 Å². The minimum atomic E-state index is -0.321. The van der Waals surface area contributed by atoms with Gasteiger partial charge in [0.05, 0.1) is 12.1 Å². The van der Waals surface area contributed by atoms with E-state index in [2.05, 4.69) is 4.98 Å². The number of thiazole rings is 1. The maximum absolute atomic E-state index is 12.2. The van der Waals surface area contributed by atoms with Gasteiger partial charge in [-0.1, -0.05) is 29.8 Å². The number of rotatable bonds is 6. The number of hydrogen-bond donors (Lipinski definition) is 0. The number of esters is 1. The molecule has 0 unspecified atom stereocenters. The van der Waals surface area contributed by atoms with Gasteiger partial charge in [0.25, 0.3) is 0 Å². The lowest BCUT2D eigenvalue weighted by Gasteiger charge is -2.09. The molecule has 0 aliphatic rings. The smallest absolute Gasteiger partial charge is 0.317 e. The number of carbonyl (C=O) groups is 1. The van der Waals surface area contributed by atoms with Gasteiger partial charge in [0.15, 0.2) is 0 Å². The Bertz CT molecular complexity index is 885. The molecule has 4 nitrogen and oxygen atoms in total. The van der Waals surface area contributed by atoms with E-state index in [0.29, 0.717) is 23.1 Å². The molecular formula is C20H18ClNO3S. The van der Waals surface area contributed by atoms with E-state index in [1.807, 2.05) is 37.4 Å². The molecule has 1 aromatic heterocycles. The molecule has 26 heavy (non-hydrogen) atoms. The summed E-state index contributed by atoms with van der Waals surface area (Å²) in [5, 5.41) is 3.32. The minimum absolute atomic E-state index is 0.130. The van der Waals surface area contributed by atoms with Gasteiger partial charge in [-0.25, -0.2) is 4.98 Å². The number of para-hydroxylation sites is 1. The zero-order valence-electron chi connectivity index (χ0n) is 14.5. The van der Waals surface area contributed by atoms with Crippen molar-refractivity contribution in [2.75, 3.05) is 0 Å². The summed E-state index contributed by atoms with van der Waals surface area (Å²) in [7, 11) is 0. The molecular weight excluding hydrogens is 370 g/mol.